The number of furan rings is 1. The van der Waals surface area contributed by atoms with Crippen molar-refractivity contribution in [3.8, 4) is 22.3 Å². The van der Waals surface area contributed by atoms with Gasteiger partial charge in [0.1, 0.15) is 11.2 Å². The molecular formula is C30H21NO. The molecule has 0 amide bonds. The lowest BCUT2D eigenvalue weighted by Gasteiger charge is -2.09. The molecule has 0 aliphatic carbocycles. The van der Waals surface area contributed by atoms with E-state index in [0.717, 1.165) is 0 Å². The molecule has 0 saturated heterocycles. The molecule has 5 aromatic carbocycles. The van der Waals surface area contributed by atoms with E-state index in [1.807, 2.05) is 0 Å². The summed E-state index contributed by atoms with van der Waals surface area (Å²) in [6, 6.07) is 1.84. The number of rotatable bonds is 4. The van der Waals surface area contributed by atoms with Crippen LogP contribution in [0, 0.1) is 0 Å². The van der Waals surface area contributed by atoms with Gasteiger partial charge in [0.05, 0.1) is 30.3 Å². The van der Waals surface area contributed by atoms with Gasteiger partial charge in [-0.05, 0) is 58.6 Å². The highest BCUT2D eigenvalue weighted by Crippen LogP contribution is 2.37. The van der Waals surface area contributed by atoms with E-state index < -0.39 is 83.6 Å². The van der Waals surface area contributed by atoms with Crippen molar-refractivity contribution in [3.63, 3.8) is 0 Å². The zero-order chi connectivity index (χ0) is 33.5. The highest BCUT2D eigenvalue weighted by Gasteiger charge is 2.12. The van der Waals surface area contributed by atoms with Gasteiger partial charge in [-0.25, -0.2) is 0 Å². The van der Waals surface area contributed by atoms with Crippen LogP contribution in [0.5, 0.6) is 0 Å². The smallest absolute Gasteiger partial charge is 0.137 e. The summed E-state index contributed by atoms with van der Waals surface area (Å²) < 4.78 is 122. The fourth-order valence-electron chi connectivity index (χ4n) is 3.49. The van der Waals surface area contributed by atoms with E-state index in [1.54, 1.807) is 36.4 Å². The molecule has 2 heteroatoms. The lowest BCUT2D eigenvalue weighted by molar-refractivity contribution is 0.669. The van der Waals surface area contributed by atoms with Crippen molar-refractivity contribution in [1.82, 2.24) is 0 Å². The number of benzene rings is 5. The van der Waals surface area contributed by atoms with Gasteiger partial charge in [-0.15, -0.1) is 0 Å². The standard InChI is InChI=1S/C30H21NO/c1-3-8-21(9-4-1)23-14-17-25(18-15-23)31-27-12-7-13-29-30(27)26-20-24(16-19-28(26)32-29)22-10-5-2-6-11-22/h1-20,31H/i1D,2D,3D,4D,5D,6D,8D,9D,10D,11D,14D,15D,17D,18D. The second-order valence-corrected chi connectivity index (χ2v) is 6.87. The molecule has 0 aliphatic heterocycles. The third-order valence-electron chi connectivity index (χ3n) is 4.92. The predicted octanol–water partition coefficient (Wildman–Crippen LogP) is 8.66. The van der Waals surface area contributed by atoms with Gasteiger partial charge < -0.3 is 9.73 Å². The molecule has 0 atom stereocenters. The van der Waals surface area contributed by atoms with Gasteiger partial charge in [-0.1, -0.05) is 84.6 Å². The molecule has 2 nitrogen and oxygen atoms in total. The minimum Gasteiger partial charge on any atom is -0.456 e. The lowest BCUT2D eigenvalue weighted by Crippen LogP contribution is -1.91. The van der Waals surface area contributed by atoms with Crippen molar-refractivity contribution in [2.24, 2.45) is 0 Å². The highest BCUT2D eigenvalue weighted by molar-refractivity contribution is 6.13. The first kappa shape index (κ1) is 9.05. The summed E-state index contributed by atoms with van der Waals surface area (Å²) in [6.07, 6.45) is 0. The normalized spacial score (nSPS) is 17.2. The molecule has 6 rings (SSSR count). The number of fused-ring (bicyclic) bond motifs is 3. The Hall–Kier alpha value is -4.30. The second-order valence-electron chi connectivity index (χ2n) is 6.87. The zero-order valence-corrected chi connectivity index (χ0v) is 16.4. The van der Waals surface area contributed by atoms with Gasteiger partial charge in [0.2, 0.25) is 0 Å². The third-order valence-corrected chi connectivity index (χ3v) is 4.92. The topological polar surface area (TPSA) is 25.2 Å². The molecule has 1 heterocycles. The lowest BCUT2D eigenvalue weighted by atomic mass is 10.0. The summed E-state index contributed by atoms with van der Waals surface area (Å²) in [5.41, 5.74) is 0.288. The van der Waals surface area contributed by atoms with Gasteiger partial charge in [-0.2, -0.15) is 0 Å². The fourth-order valence-corrected chi connectivity index (χ4v) is 3.49. The molecule has 0 saturated carbocycles. The van der Waals surface area contributed by atoms with E-state index in [1.165, 1.54) is 0 Å². The minimum absolute atomic E-state index is 0.00416. The molecule has 0 bridgehead atoms. The molecule has 0 spiro atoms. The molecule has 32 heavy (non-hydrogen) atoms. The van der Waals surface area contributed by atoms with Crippen molar-refractivity contribution in [2.75, 3.05) is 5.32 Å². The molecule has 6 aromatic rings. The Morgan fingerprint density at radius 3 is 1.97 bits per heavy atom. The highest BCUT2D eigenvalue weighted by atomic mass is 16.3. The Labute approximate surface area is 206 Å². The van der Waals surface area contributed by atoms with Crippen LogP contribution in [-0.2, 0) is 0 Å². The third kappa shape index (κ3) is 3.32. The fraction of sp³-hybridized carbons (Fsp3) is 0. The number of anilines is 2. The SMILES string of the molecule is [2H]c1c([2H])c([2H])c(-c2ccc3oc4cccc(Nc5c([2H])c([2H])c(-c6c([2H])c([2H])c([2H])c([2H])c6[2H])c([2H])c5[2H])c4c3c2)c([2H])c1[2H]. The van der Waals surface area contributed by atoms with E-state index in [9.17, 15) is 0 Å². The summed E-state index contributed by atoms with van der Waals surface area (Å²) >= 11 is 0. The van der Waals surface area contributed by atoms with Crippen molar-refractivity contribution in [3.05, 3.63) is 121 Å². The molecule has 1 N–H and O–H groups in total. The summed E-state index contributed by atoms with van der Waals surface area (Å²) in [5.74, 6) is 0. The van der Waals surface area contributed by atoms with Gasteiger partial charge >= 0.3 is 0 Å². The molecule has 0 radical (unpaired) electrons. The Morgan fingerprint density at radius 2 is 1.25 bits per heavy atom. The zero-order valence-electron chi connectivity index (χ0n) is 30.4. The van der Waals surface area contributed by atoms with Crippen LogP contribution >= 0.6 is 0 Å². The maximum Gasteiger partial charge on any atom is 0.137 e. The van der Waals surface area contributed by atoms with Crippen molar-refractivity contribution in [1.29, 1.82) is 0 Å². The monoisotopic (exact) mass is 425 g/mol. The average Bonchev–Trinajstić information content (AvgIpc) is 3.42. The van der Waals surface area contributed by atoms with Crippen molar-refractivity contribution < 1.29 is 23.6 Å². The number of nitrogens with one attached hydrogen (secondary N) is 1. The van der Waals surface area contributed by atoms with Crippen LogP contribution in [0.2, 0.25) is 0 Å². The summed E-state index contributed by atoms with van der Waals surface area (Å²) in [4.78, 5) is 0. The first-order chi connectivity index (χ1) is 21.7. The summed E-state index contributed by atoms with van der Waals surface area (Å²) in [7, 11) is 0. The first-order valence-corrected chi connectivity index (χ1v) is 9.64. The van der Waals surface area contributed by atoms with E-state index >= 15 is 0 Å². The Bertz CT molecular complexity index is 2210. The number of hydrogen-bond acceptors (Lipinski definition) is 2. The Balaban J connectivity index is 1.54. The quantitative estimate of drug-likeness (QED) is 0.306. The van der Waals surface area contributed by atoms with Crippen LogP contribution in [0.15, 0.2) is 125 Å². The van der Waals surface area contributed by atoms with E-state index in [2.05, 4.69) is 5.32 Å². The van der Waals surface area contributed by atoms with Crippen LogP contribution in [0.1, 0.15) is 19.2 Å². The van der Waals surface area contributed by atoms with E-state index in [-0.39, 0.29) is 23.3 Å². The molecule has 0 unspecified atom stereocenters. The second kappa shape index (κ2) is 7.75. The molecule has 152 valence electrons. The largest absolute Gasteiger partial charge is 0.456 e. The van der Waals surface area contributed by atoms with Gasteiger partial charge in [-0.3, -0.25) is 0 Å². The van der Waals surface area contributed by atoms with Gasteiger partial charge in [0, 0.05) is 11.1 Å². The molecule has 0 aliphatic rings. The molecule has 1 aromatic heterocycles. The molecule has 0 fully saturated rings. The van der Waals surface area contributed by atoms with E-state index in [4.69, 9.17) is 23.6 Å². The first-order valence-electron chi connectivity index (χ1n) is 16.6. The predicted molar refractivity (Wildman–Crippen MR) is 134 cm³/mol. The minimum atomic E-state index is -0.670. The summed E-state index contributed by atoms with van der Waals surface area (Å²) in [5, 5.41) is 3.90. The van der Waals surface area contributed by atoms with Crippen LogP contribution in [0.4, 0.5) is 11.4 Å². The van der Waals surface area contributed by atoms with Crippen LogP contribution in [-0.4, -0.2) is 0 Å². The summed E-state index contributed by atoms with van der Waals surface area (Å²) in [6.45, 7) is 0. The Morgan fingerprint density at radius 1 is 0.594 bits per heavy atom. The van der Waals surface area contributed by atoms with Gasteiger partial charge in [0.15, 0.2) is 0 Å². The van der Waals surface area contributed by atoms with Crippen molar-refractivity contribution >= 4 is 33.3 Å². The Kier molecular flexibility index (Phi) is 2.19. The van der Waals surface area contributed by atoms with Crippen LogP contribution < -0.4 is 5.32 Å². The van der Waals surface area contributed by atoms with Gasteiger partial charge in [0.25, 0.3) is 0 Å². The maximum absolute atomic E-state index is 8.73. The van der Waals surface area contributed by atoms with Crippen molar-refractivity contribution in [2.45, 2.75) is 0 Å². The number of hydrogen-bond donors (Lipinski definition) is 1. The average molecular weight is 426 g/mol. The van der Waals surface area contributed by atoms with E-state index in [0.29, 0.717) is 33.2 Å². The van der Waals surface area contributed by atoms with Crippen LogP contribution in [0.25, 0.3) is 44.2 Å². The maximum atomic E-state index is 8.73. The molecular weight excluding hydrogens is 390 g/mol. The van der Waals surface area contributed by atoms with Crippen LogP contribution in [0.3, 0.4) is 0 Å².